The van der Waals surface area contributed by atoms with Crippen LogP contribution in [0, 0.1) is 12.8 Å². The van der Waals surface area contributed by atoms with Crippen LogP contribution in [0.2, 0.25) is 0 Å². The Morgan fingerprint density at radius 3 is 2.07 bits per heavy atom. The van der Waals surface area contributed by atoms with Crippen LogP contribution >= 0.6 is 0 Å². The molecule has 0 bridgehead atoms. The molecular weight excluding hydrogens is 404 g/mol. The third-order valence-electron chi connectivity index (χ3n) is 4.48. The Labute approximate surface area is 179 Å². The lowest BCUT2D eigenvalue weighted by Crippen LogP contribution is -2.37. The second-order valence-electron chi connectivity index (χ2n) is 8.26. The monoisotopic (exact) mass is 434 g/mol. The van der Waals surface area contributed by atoms with Crippen molar-refractivity contribution in [2.24, 2.45) is 5.92 Å². The van der Waals surface area contributed by atoms with Gasteiger partial charge in [-0.1, -0.05) is 29.8 Å². The maximum absolute atomic E-state index is 12.9. The molecule has 0 fully saturated rings. The molecule has 0 radical (unpaired) electrons. The van der Waals surface area contributed by atoms with Crippen molar-refractivity contribution in [2.45, 2.75) is 57.6 Å². The lowest BCUT2D eigenvalue weighted by atomic mass is 9.94. The minimum Gasteiger partial charge on any atom is -0.497 e. The molecule has 0 heterocycles. The van der Waals surface area contributed by atoms with E-state index in [1.807, 2.05) is 19.1 Å². The average molecular weight is 435 g/mol. The zero-order valence-corrected chi connectivity index (χ0v) is 19.2. The predicted octanol–water partition coefficient (Wildman–Crippen LogP) is 4.30. The Kier molecular flexibility index (Phi) is 7.66. The normalized spacial score (nSPS) is 14.1. The topological polar surface area (TPSA) is 78.9 Å². The Morgan fingerprint density at radius 1 is 1.00 bits per heavy atom. The SMILES string of the molecule is COc1ccc(CC(C(=O)OC(C)(C)C)C(C)OS(=O)(=O)c2ccc(C)cc2)cc1. The van der Waals surface area contributed by atoms with Gasteiger partial charge in [0.05, 0.1) is 24.0 Å². The molecule has 0 saturated heterocycles. The molecule has 30 heavy (non-hydrogen) atoms. The highest BCUT2D eigenvalue weighted by atomic mass is 32.2. The number of hydrogen-bond donors (Lipinski definition) is 0. The van der Waals surface area contributed by atoms with Gasteiger partial charge in [-0.3, -0.25) is 8.98 Å². The van der Waals surface area contributed by atoms with Gasteiger partial charge in [-0.15, -0.1) is 0 Å². The van der Waals surface area contributed by atoms with E-state index in [0.29, 0.717) is 5.75 Å². The molecule has 0 saturated carbocycles. The molecule has 0 aromatic heterocycles. The smallest absolute Gasteiger partial charge is 0.312 e. The van der Waals surface area contributed by atoms with E-state index in [1.165, 1.54) is 12.1 Å². The van der Waals surface area contributed by atoms with Gasteiger partial charge in [0.25, 0.3) is 10.1 Å². The van der Waals surface area contributed by atoms with Crippen LogP contribution in [0.25, 0.3) is 0 Å². The third kappa shape index (κ3) is 6.85. The Balaban J connectivity index is 2.27. The summed E-state index contributed by atoms with van der Waals surface area (Å²) in [5.41, 5.74) is 1.08. The zero-order valence-electron chi connectivity index (χ0n) is 18.3. The van der Waals surface area contributed by atoms with E-state index in [-0.39, 0.29) is 11.3 Å². The number of carbonyl (C=O) groups is 1. The summed E-state index contributed by atoms with van der Waals surface area (Å²) in [6.45, 7) is 8.74. The maximum Gasteiger partial charge on any atom is 0.312 e. The molecule has 0 amide bonds. The van der Waals surface area contributed by atoms with Gasteiger partial charge in [-0.25, -0.2) is 0 Å². The summed E-state index contributed by atoms with van der Waals surface area (Å²) in [5.74, 6) is -0.624. The van der Waals surface area contributed by atoms with Crippen molar-refractivity contribution in [3.63, 3.8) is 0 Å². The highest BCUT2D eigenvalue weighted by molar-refractivity contribution is 7.86. The van der Waals surface area contributed by atoms with Crippen LogP contribution in [-0.4, -0.2) is 33.2 Å². The standard InChI is InChI=1S/C23H30O6S/c1-16-7-13-20(14-8-16)30(25,26)29-17(2)21(22(24)28-23(3,4)5)15-18-9-11-19(27-6)12-10-18/h7-14,17,21H,15H2,1-6H3. The first-order valence-corrected chi connectivity index (χ1v) is 11.2. The molecule has 164 valence electrons. The van der Waals surface area contributed by atoms with Crippen molar-refractivity contribution in [2.75, 3.05) is 7.11 Å². The number of methoxy groups -OCH3 is 1. The summed E-state index contributed by atoms with van der Waals surface area (Å²) in [6, 6.07) is 13.6. The van der Waals surface area contributed by atoms with Crippen LogP contribution in [0.3, 0.4) is 0 Å². The van der Waals surface area contributed by atoms with Gasteiger partial charge in [0.2, 0.25) is 0 Å². The molecule has 0 aliphatic heterocycles. The van der Waals surface area contributed by atoms with Crippen LogP contribution in [0.1, 0.15) is 38.8 Å². The molecule has 0 N–H and O–H groups in total. The van der Waals surface area contributed by atoms with Crippen molar-refractivity contribution < 1.29 is 26.9 Å². The number of hydrogen-bond acceptors (Lipinski definition) is 6. The summed E-state index contributed by atoms with van der Waals surface area (Å²) in [5, 5.41) is 0. The van der Waals surface area contributed by atoms with Crippen molar-refractivity contribution >= 4 is 16.1 Å². The Bertz CT molecular complexity index is 941. The fourth-order valence-corrected chi connectivity index (χ4v) is 3.98. The lowest BCUT2D eigenvalue weighted by molar-refractivity contribution is -0.162. The zero-order chi connectivity index (χ0) is 22.5. The minimum absolute atomic E-state index is 0.0485. The third-order valence-corrected chi connectivity index (χ3v) is 5.89. The van der Waals surface area contributed by atoms with E-state index >= 15 is 0 Å². The fraction of sp³-hybridized carbons (Fsp3) is 0.435. The quantitative estimate of drug-likeness (QED) is 0.455. The van der Waals surface area contributed by atoms with E-state index in [2.05, 4.69) is 0 Å². The van der Waals surface area contributed by atoms with Crippen LogP contribution < -0.4 is 4.74 Å². The fourth-order valence-electron chi connectivity index (χ4n) is 2.86. The number of rotatable bonds is 8. The van der Waals surface area contributed by atoms with Gasteiger partial charge in [0, 0.05) is 0 Å². The first-order valence-electron chi connectivity index (χ1n) is 9.77. The summed E-state index contributed by atoms with van der Waals surface area (Å²) in [4.78, 5) is 12.9. The molecule has 0 aliphatic rings. The molecule has 6 nitrogen and oxygen atoms in total. The number of ether oxygens (including phenoxy) is 2. The summed E-state index contributed by atoms with van der Waals surface area (Å²) in [7, 11) is -2.46. The first kappa shape index (κ1) is 23.9. The van der Waals surface area contributed by atoms with Crippen molar-refractivity contribution in [1.29, 1.82) is 0 Å². The van der Waals surface area contributed by atoms with Gasteiger partial charge < -0.3 is 9.47 Å². The van der Waals surface area contributed by atoms with Crippen molar-refractivity contribution in [3.8, 4) is 5.75 Å². The van der Waals surface area contributed by atoms with E-state index in [9.17, 15) is 13.2 Å². The molecule has 2 atom stereocenters. The minimum atomic E-state index is -4.03. The lowest BCUT2D eigenvalue weighted by Gasteiger charge is -2.27. The van der Waals surface area contributed by atoms with E-state index < -0.39 is 33.7 Å². The molecule has 2 aromatic rings. The maximum atomic E-state index is 12.9. The summed E-state index contributed by atoms with van der Waals surface area (Å²) in [6.07, 6.45) is -0.656. The first-order chi connectivity index (χ1) is 13.9. The van der Waals surface area contributed by atoms with Crippen molar-refractivity contribution in [1.82, 2.24) is 0 Å². The predicted molar refractivity (Wildman–Crippen MR) is 115 cm³/mol. The van der Waals surface area contributed by atoms with Gasteiger partial charge in [-0.2, -0.15) is 8.42 Å². The molecule has 7 heteroatoms. The second-order valence-corrected chi connectivity index (χ2v) is 9.83. The highest BCUT2D eigenvalue weighted by Gasteiger charge is 2.34. The van der Waals surface area contributed by atoms with Gasteiger partial charge >= 0.3 is 5.97 Å². The number of esters is 1. The number of benzene rings is 2. The highest BCUT2D eigenvalue weighted by Crippen LogP contribution is 2.25. The molecule has 0 aliphatic carbocycles. The molecule has 2 aromatic carbocycles. The number of carbonyl (C=O) groups excluding carboxylic acids is 1. The number of aryl methyl sites for hydroxylation is 1. The molecule has 2 unspecified atom stereocenters. The van der Waals surface area contributed by atoms with Gasteiger partial charge in [0.15, 0.2) is 0 Å². The average Bonchev–Trinajstić information content (AvgIpc) is 2.65. The van der Waals surface area contributed by atoms with E-state index in [4.69, 9.17) is 13.7 Å². The van der Waals surface area contributed by atoms with Gasteiger partial charge in [0.1, 0.15) is 11.4 Å². The van der Waals surface area contributed by atoms with Crippen LogP contribution in [0.5, 0.6) is 5.75 Å². The molecule has 2 rings (SSSR count). The van der Waals surface area contributed by atoms with Crippen LogP contribution in [0.15, 0.2) is 53.4 Å². The van der Waals surface area contributed by atoms with E-state index in [1.54, 1.807) is 59.1 Å². The van der Waals surface area contributed by atoms with Gasteiger partial charge in [-0.05, 0) is 70.9 Å². The Morgan fingerprint density at radius 2 is 1.57 bits per heavy atom. The summed E-state index contributed by atoms with van der Waals surface area (Å²) < 4.78 is 41.5. The van der Waals surface area contributed by atoms with Crippen molar-refractivity contribution in [3.05, 3.63) is 59.7 Å². The summed E-state index contributed by atoms with van der Waals surface area (Å²) >= 11 is 0. The Hall–Kier alpha value is -2.38. The second kappa shape index (κ2) is 9.62. The molecule has 0 spiro atoms. The largest absolute Gasteiger partial charge is 0.497 e. The van der Waals surface area contributed by atoms with Crippen LogP contribution in [0.4, 0.5) is 0 Å². The van der Waals surface area contributed by atoms with E-state index in [0.717, 1.165) is 11.1 Å². The van der Waals surface area contributed by atoms with Crippen LogP contribution in [-0.2, 0) is 30.3 Å². The molecular formula is C23H30O6S.